The van der Waals surface area contributed by atoms with Crippen molar-refractivity contribution >= 4 is 17.8 Å². The van der Waals surface area contributed by atoms with Crippen LogP contribution >= 0.6 is 0 Å². The smallest absolute Gasteiger partial charge is 0.335 e. The molecule has 10 heteroatoms. The van der Waals surface area contributed by atoms with Gasteiger partial charge in [-0.05, 0) is 60.2 Å². The van der Waals surface area contributed by atoms with Crippen LogP contribution in [0.4, 0.5) is 4.39 Å². The van der Waals surface area contributed by atoms with E-state index < -0.39 is 17.8 Å². The summed E-state index contributed by atoms with van der Waals surface area (Å²) in [5, 5.41) is 12.1. The summed E-state index contributed by atoms with van der Waals surface area (Å²) in [6.45, 7) is 1.97. The zero-order valence-corrected chi connectivity index (χ0v) is 19.7. The van der Waals surface area contributed by atoms with Crippen molar-refractivity contribution in [2.24, 2.45) is 5.73 Å². The highest BCUT2D eigenvalue weighted by Crippen LogP contribution is 2.37. The lowest BCUT2D eigenvalue weighted by atomic mass is 10.0. The highest BCUT2D eigenvalue weighted by atomic mass is 19.1. The van der Waals surface area contributed by atoms with Gasteiger partial charge in [-0.1, -0.05) is 18.2 Å². The first kappa shape index (κ1) is 24.9. The van der Waals surface area contributed by atoms with Crippen molar-refractivity contribution in [3.8, 4) is 0 Å². The molecule has 1 unspecified atom stereocenters. The summed E-state index contributed by atoms with van der Waals surface area (Å²) in [4.78, 5) is 46.3. The number of nitrogens with zero attached hydrogens (tertiary/aromatic N) is 3. The molecule has 36 heavy (non-hydrogen) atoms. The number of nitrogens with two attached hydrogens (primary N) is 1. The maximum atomic E-state index is 13.5. The lowest BCUT2D eigenvalue weighted by molar-refractivity contribution is -0.119. The number of halogens is 1. The van der Waals surface area contributed by atoms with E-state index >= 15 is 0 Å². The van der Waals surface area contributed by atoms with E-state index in [2.05, 4.69) is 15.3 Å². The molecule has 1 aliphatic carbocycles. The zero-order valence-electron chi connectivity index (χ0n) is 19.7. The first-order chi connectivity index (χ1) is 17.2. The zero-order chi connectivity index (χ0) is 25.8. The monoisotopic (exact) mass is 491 g/mol. The van der Waals surface area contributed by atoms with Gasteiger partial charge in [-0.15, -0.1) is 0 Å². The highest BCUT2D eigenvalue weighted by Gasteiger charge is 2.30. The lowest BCUT2D eigenvalue weighted by Gasteiger charge is -2.29. The highest BCUT2D eigenvalue weighted by molar-refractivity contribution is 5.93. The third-order valence-corrected chi connectivity index (χ3v) is 6.29. The normalized spacial score (nSPS) is 14.5. The number of primary amides is 1. The molecule has 4 rings (SSSR count). The summed E-state index contributed by atoms with van der Waals surface area (Å²) in [5.74, 6) is -2.26. The number of benzene rings is 2. The van der Waals surface area contributed by atoms with Gasteiger partial charge in [0.2, 0.25) is 5.91 Å². The molecule has 186 valence electrons. The molecule has 1 heterocycles. The second kappa shape index (κ2) is 10.6. The minimum absolute atomic E-state index is 0.0599. The van der Waals surface area contributed by atoms with E-state index in [0.717, 1.165) is 16.7 Å². The first-order valence-electron chi connectivity index (χ1n) is 11.4. The molecular formula is C26H26FN5O4. The van der Waals surface area contributed by atoms with Crippen LogP contribution in [-0.4, -0.2) is 44.3 Å². The fraction of sp³-hybridized carbons (Fsp3) is 0.269. The first-order valence-corrected chi connectivity index (χ1v) is 11.4. The Morgan fingerprint density at radius 1 is 1.22 bits per heavy atom. The number of nitrogens with one attached hydrogen (secondary N) is 1. The van der Waals surface area contributed by atoms with E-state index in [1.807, 2.05) is 4.90 Å². The number of carbonyl (C=O) groups excluding carboxylic acids is 2. The van der Waals surface area contributed by atoms with Crippen LogP contribution in [0.3, 0.4) is 0 Å². The Kier molecular flexibility index (Phi) is 7.35. The quantitative estimate of drug-likeness (QED) is 0.418. The summed E-state index contributed by atoms with van der Waals surface area (Å²) >= 11 is 0. The van der Waals surface area contributed by atoms with Crippen LogP contribution in [0.25, 0.3) is 0 Å². The Morgan fingerprint density at radius 3 is 2.75 bits per heavy atom. The van der Waals surface area contributed by atoms with Gasteiger partial charge in [-0.3, -0.25) is 14.5 Å². The molecule has 3 aromatic rings. The minimum Gasteiger partial charge on any atom is -0.478 e. The van der Waals surface area contributed by atoms with E-state index in [4.69, 9.17) is 5.73 Å². The molecule has 2 amide bonds. The maximum Gasteiger partial charge on any atom is 0.335 e. The van der Waals surface area contributed by atoms with Crippen molar-refractivity contribution in [1.29, 1.82) is 0 Å². The SMILES string of the molecule is Cc1cc(CNC(=O)c2ncncc2CN(CC(N)=O)C2CCc3cc(C(=O)O)ccc32)ccc1F. The van der Waals surface area contributed by atoms with E-state index in [-0.39, 0.29) is 42.8 Å². The van der Waals surface area contributed by atoms with Gasteiger partial charge < -0.3 is 16.2 Å². The molecule has 0 bridgehead atoms. The van der Waals surface area contributed by atoms with Crippen molar-refractivity contribution in [1.82, 2.24) is 20.2 Å². The minimum atomic E-state index is -0.997. The van der Waals surface area contributed by atoms with Crippen LogP contribution in [-0.2, 0) is 24.3 Å². The number of carboxylic acids is 1. The van der Waals surface area contributed by atoms with Gasteiger partial charge in [0.15, 0.2) is 0 Å². The van der Waals surface area contributed by atoms with Crippen LogP contribution in [0.1, 0.15) is 61.1 Å². The number of fused-ring (bicyclic) bond motifs is 1. The van der Waals surface area contributed by atoms with Gasteiger partial charge in [0.1, 0.15) is 17.8 Å². The third-order valence-electron chi connectivity index (χ3n) is 6.29. The third kappa shape index (κ3) is 5.55. The molecule has 0 aliphatic heterocycles. The van der Waals surface area contributed by atoms with Crippen LogP contribution in [0.2, 0.25) is 0 Å². The molecule has 0 saturated carbocycles. The van der Waals surface area contributed by atoms with Crippen molar-refractivity contribution in [3.05, 3.63) is 93.8 Å². The Balaban J connectivity index is 1.54. The summed E-state index contributed by atoms with van der Waals surface area (Å²) in [6.07, 6.45) is 4.13. The van der Waals surface area contributed by atoms with E-state index in [9.17, 15) is 23.9 Å². The van der Waals surface area contributed by atoms with Crippen molar-refractivity contribution in [2.75, 3.05) is 6.54 Å². The standard InChI is InChI=1S/C26H26FN5O4/c1-15-8-16(2-6-21(15)27)10-30-25(34)24-19(11-29-14-31-24)12-32(13-23(28)33)22-7-4-17-9-18(26(35)36)3-5-20(17)22/h2-3,5-6,8-9,11,14,22H,4,7,10,12-13H2,1H3,(H2,28,33)(H,30,34)(H,35,36). The van der Waals surface area contributed by atoms with Crippen molar-refractivity contribution < 1.29 is 23.9 Å². The number of aromatic carboxylic acids is 1. The van der Waals surface area contributed by atoms with E-state index in [1.165, 1.54) is 18.6 Å². The maximum absolute atomic E-state index is 13.5. The van der Waals surface area contributed by atoms with Gasteiger partial charge in [-0.25, -0.2) is 19.2 Å². The number of hydrogen-bond donors (Lipinski definition) is 3. The second-order valence-corrected chi connectivity index (χ2v) is 8.81. The molecule has 9 nitrogen and oxygen atoms in total. The average Bonchev–Trinajstić information content (AvgIpc) is 3.27. The van der Waals surface area contributed by atoms with E-state index in [0.29, 0.717) is 24.0 Å². The number of amides is 2. The number of carbonyl (C=O) groups is 3. The Hall–Kier alpha value is -4.18. The average molecular weight is 492 g/mol. The van der Waals surface area contributed by atoms with Gasteiger partial charge >= 0.3 is 5.97 Å². The number of rotatable bonds is 9. The molecular weight excluding hydrogens is 465 g/mol. The Bertz CT molecular complexity index is 1330. The molecule has 1 aliphatic rings. The molecule has 2 aromatic carbocycles. The van der Waals surface area contributed by atoms with Crippen molar-refractivity contribution in [3.63, 3.8) is 0 Å². The second-order valence-electron chi connectivity index (χ2n) is 8.81. The molecule has 0 saturated heterocycles. The largest absolute Gasteiger partial charge is 0.478 e. The predicted octanol–water partition coefficient (Wildman–Crippen LogP) is 2.53. The predicted molar refractivity (Wildman–Crippen MR) is 128 cm³/mol. The number of aryl methyl sites for hydroxylation is 2. The summed E-state index contributed by atoms with van der Waals surface area (Å²) in [5.41, 5.74) is 9.49. The topological polar surface area (TPSA) is 139 Å². The van der Waals surface area contributed by atoms with Gasteiger partial charge in [0.25, 0.3) is 5.91 Å². The molecule has 1 atom stereocenters. The Morgan fingerprint density at radius 2 is 2.03 bits per heavy atom. The van der Waals surface area contributed by atoms with Crippen LogP contribution in [0.5, 0.6) is 0 Å². The number of aromatic nitrogens is 2. The fourth-order valence-corrected chi connectivity index (χ4v) is 4.56. The molecule has 0 spiro atoms. The van der Waals surface area contributed by atoms with Gasteiger partial charge in [0, 0.05) is 30.9 Å². The van der Waals surface area contributed by atoms with Crippen LogP contribution in [0.15, 0.2) is 48.9 Å². The Labute approximate surface area is 207 Å². The molecule has 0 radical (unpaired) electrons. The summed E-state index contributed by atoms with van der Waals surface area (Å²) in [7, 11) is 0. The van der Waals surface area contributed by atoms with Gasteiger partial charge in [0.05, 0.1) is 12.1 Å². The fourth-order valence-electron chi connectivity index (χ4n) is 4.56. The van der Waals surface area contributed by atoms with Crippen molar-refractivity contribution in [2.45, 2.75) is 38.9 Å². The summed E-state index contributed by atoms with van der Waals surface area (Å²) in [6, 6.07) is 9.40. The molecule has 0 fully saturated rings. The van der Waals surface area contributed by atoms with E-state index in [1.54, 1.807) is 37.3 Å². The number of carboxylic acid groups (broad SMARTS) is 1. The summed E-state index contributed by atoms with van der Waals surface area (Å²) < 4.78 is 13.5. The molecule has 4 N–H and O–H groups in total. The molecule has 1 aromatic heterocycles. The van der Waals surface area contributed by atoms with Crippen LogP contribution < -0.4 is 11.1 Å². The van der Waals surface area contributed by atoms with Gasteiger partial charge in [-0.2, -0.15) is 0 Å². The van der Waals surface area contributed by atoms with Crippen LogP contribution in [0, 0.1) is 12.7 Å². The lowest BCUT2D eigenvalue weighted by Crippen LogP contribution is -2.36. The number of hydrogen-bond acceptors (Lipinski definition) is 6.